The summed E-state index contributed by atoms with van der Waals surface area (Å²) in [5.41, 5.74) is 1.74. The Kier molecular flexibility index (Phi) is 7.58. The van der Waals surface area contributed by atoms with Gasteiger partial charge < -0.3 is 15.0 Å². The molecule has 1 unspecified atom stereocenters. The Morgan fingerprint density at radius 3 is 2.36 bits per heavy atom. The van der Waals surface area contributed by atoms with Crippen LogP contribution in [0.15, 0.2) is 78.0 Å². The molecule has 2 N–H and O–H groups in total. The summed E-state index contributed by atoms with van der Waals surface area (Å²) in [4.78, 5) is 25.5. The summed E-state index contributed by atoms with van der Waals surface area (Å²) >= 11 is 6.13. The van der Waals surface area contributed by atoms with E-state index in [2.05, 4.69) is 5.32 Å². The summed E-state index contributed by atoms with van der Waals surface area (Å²) in [5, 5.41) is 13.3. The highest BCUT2D eigenvalue weighted by atomic mass is 35.5. The summed E-state index contributed by atoms with van der Waals surface area (Å²) < 4.78 is 44.0. The largest absolute Gasteiger partial charge is 0.478 e. The second-order valence-corrected chi connectivity index (χ2v) is 10.7. The van der Waals surface area contributed by atoms with Gasteiger partial charge in [0, 0.05) is 32.9 Å². The van der Waals surface area contributed by atoms with Gasteiger partial charge in [0.1, 0.15) is 6.04 Å². The SMILES string of the molecule is O=C(O)C1=CC=C(NC(=O)[C@H](C2CCCCC2)n2c(-c3ccc(Cl)cc3)cc3ccccc32)C(C(F)(F)F)C1. The molecule has 0 radical (unpaired) electrons. The van der Waals surface area contributed by atoms with E-state index in [9.17, 15) is 27.9 Å². The van der Waals surface area contributed by atoms with E-state index in [1.54, 1.807) is 12.1 Å². The van der Waals surface area contributed by atoms with Crippen LogP contribution >= 0.6 is 11.6 Å². The van der Waals surface area contributed by atoms with Gasteiger partial charge in [0.25, 0.3) is 0 Å². The Labute approximate surface area is 229 Å². The maximum Gasteiger partial charge on any atom is 0.397 e. The van der Waals surface area contributed by atoms with Crippen molar-refractivity contribution in [3.8, 4) is 11.3 Å². The highest BCUT2D eigenvalue weighted by Crippen LogP contribution is 2.42. The monoisotopic (exact) mass is 556 g/mol. The van der Waals surface area contributed by atoms with Crippen molar-refractivity contribution in [2.45, 2.75) is 50.7 Å². The van der Waals surface area contributed by atoms with E-state index in [4.69, 9.17) is 11.6 Å². The van der Waals surface area contributed by atoms with E-state index >= 15 is 0 Å². The van der Waals surface area contributed by atoms with Gasteiger partial charge in [0.05, 0.1) is 5.92 Å². The van der Waals surface area contributed by atoms with Gasteiger partial charge in [-0.3, -0.25) is 4.79 Å². The quantitative estimate of drug-likeness (QED) is 0.327. The zero-order valence-corrected chi connectivity index (χ0v) is 21.8. The molecule has 9 heteroatoms. The second-order valence-electron chi connectivity index (χ2n) is 10.2. The average molecular weight is 557 g/mol. The van der Waals surface area contributed by atoms with Crippen LogP contribution in [0.4, 0.5) is 13.2 Å². The summed E-state index contributed by atoms with van der Waals surface area (Å²) in [6.45, 7) is 0. The fraction of sp³-hybridized carbons (Fsp3) is 0.333. The van der Waals surface area contributed by atoms with Crippen molar-refractivity contribution in [3.63, 3.8) is 0 Å². The van der Waals surface area contributed by atoms with Crippen LogP contribution in [0.1, 0.15) is 44.6 Å². The molecule has 1 aromatic heterocycles. The Morgan fingerprint density at radius 1 is 1.00 bits per heavy atom. The molecule has 1 amide bonds. The van der Waals surface area contributed by atoms with Crippen molar-refractivity contribution < 1.29 is 27.9 Å². The summed E-state index contributed by atoms with van der Waals surface area (Å²) in [7, 11) is 0. The molecule has 2 aliphatic carbocycles. The Balaban J connectivity index is 1.62. The standard InChI is InChI=1S/C30H28ClF3N2O3/c31-22-13-10-18(11-14-22)26-17-20-8-4-5-9-25(20)36(26)27(19-6-2-1-3-7-19)28(37)35-24-15-12-21(29(38)39)16-23(24)30(32,33)34/h4-5,8-15,17,19,23,27H,1-3,6-7,16H2,(H,35,37)(H,38,39)/t23?,27-/m0/s1. The van der Waals surface area contributed by atoms with Crippen molar-refractivity contribution in [2.24, 2.45) is 11.8 Å². The minimum atomic E-state index is -4.72. The molecular formula is C30H28ClF3N2O3. The van der Waals surface area contributed by atoms with E-state index in [1.807, 2.05) is 47.0 Å². The number of carboxylic acids is 1. The molecule has 1 fully saturated rings. The third kappa shape index (κ3) is 5.62. The van der Waals surface area contributed by atoms with Crippen molar-refractivity contribution in [1.29, 1.82) is 0 Å². The third-order valence-electron chi connectivity index (χ3n) is 7.73. The highest BCUT2D eigenvalue weighted by Gasteiger charge is 2.45. The van der Waals surface area contributed by atoms with Crippen LogP contribution in [-0.4, -0.2) is 27.7 Å². The van der Waals surface area contributed by atoms with E-state index in [0.29, 0.717) is 5.02 Å². The minimum Gasteiger partial charge on any atom is -0.478 e. The average Bonchev–Trinajstić information content (AvgIpc) is 3.28. The first-order valence-corrected chi connectivity index (χ1v) is 13.4. The van der Waals surface area contributed by atoms with Gasteiger partial charge in [-0.25, -0.2) is 4.79 Å². The van der Waals surface area contributed by atoms with Crippen molar-refractivity contribution in [2.75, 3.05) is 0 Å². The Hall–Kier alpha value is -3.52. The van der Waals surface area contributed by atoms with Crippen LogP contribution in [0, 0.1) is 11.8 Å². The number of allylic oxidation sites excluding steroid dienone is 3. The molecule has 0 spiro atoms. The summed E-state index contributed by atoms with van der Waals surface area (Å²) in [5.74, 6) is -4.13. The number of amides is 1. The molecule has 0 bridgehead atoms. The third-order valence-corrected chi connectivity index (χ3v) is 7.98. The first kappa shape index (κ1) is 27.1. The molecule has 2 atom stereocenters. The van der Waals surface area contributed by atoms with Crippen molar-refractivity contribution >= 4 is 34.4 Å². The lowest BCUT2D eigenvalue weighted by Gasteiger charge is -2.34. The van der Waals surface area contributed by atoms with Gasteiger partial charge in [-0.2, -0.15) is 13.2 Å². The van der Waals surface area contributed by atoms with Crippen molar-refractivity contribution in [3.05, 3.63) is 83.0 Å². The normalized spacial score (nSPS) is 19.3. The fourth-order valence-electron chi connectivity index (χ4n) is 5.81. The fourth-order valence-corrected chi connectivity index (χ4v) is 5.94. The minimum absolute atomic E-state index is 0.0840. The topological polar surface area (TPSA) is 71.3 Å². The first-order chi connectivity index (χ1) is 18.6. The van der Waals surface area contributed by atoms with E-state index in [1.165, 1.54) is 0 Å². The predicted molar refractivity (Wildman–Crippen MR) is 144 cm³/mol. The molecular weight excluding hydrogens is 529 g/mol. The van der Waals surface area contributed by atoms with Crippen LogP contribution < -0.4 is 5.32 Å². The number of fused-ring (bicyclic) bond motifs is 1. The Morgan fingerprint density at radius 2 is 1.69 bits per heavy atom. The second kappa shape index (κ2) is 10.9. The van der Waals surface area contributed by atoms with Crippen LogP contribution in [-0.2, 0) is 9.59 Å². The smallest absolute Gasteiger partial charge is 0.397 e. The number of carboxylic acid groups (broad SMARTS) is 1. The number of nitrogens with zero attached hydrogens (tertiary/aromatic N) is 1. The van der Waals surface area contributed by atoms with Gasteiger partial charge >= 0.3 is 12.1 Å². The number of aliphatic carboxylic acids is 1. The van der Waals surface area contributed by atoms with Gasteiger partial charge in [-0.15, -0.1) is 0 Å². The molecule has 5 nitrogen and oxygen atoms in total. The first-order valence-electron chi connectivity index (χ1n) is 13.0. The zero-order valence-electron chi connectivity index (χ0n) is 21.0. The maximum absolute atomic E-state index is 14.1. The molecule has 2 aromatic carbocycles. The van der Waals surface area contributed by atoms with E-state index < -0.39 is 36.4 Å². The molecule has 1 heterocycles. The summed E-state index contributed by atoms with van der Waals surface area (Å²) in [6.07, 6.45) is 1.22. The van der Waals surface area contributed by atoms with E-state index in [-0.39, 0.29) is 17.2 Å². The number of hydrogen-bond acceptors (Lipinski definition) is 2. The number of hydrogen-bond donors (Lipinski definition) is 2. The highest BCUT2D eigenvalue weighted by molar-refractivity contribution is 6.30. The number of benzene rings is 2. The lowest BCUT2D eigenvalue weighted by Crippen LogP contribution is -2.42. The number of alkyl halides is 3. The van der Waals surface area contributed by atoms with Gasteiger partial charge in [-0.05, 0) is 61.1 Å². The number of halogens is 4. The van der Waals surface area contributed by atoms with Crippen LogP contribution in [0.5, 0.6) is 0 Å². The van der Waals surface area contributed by atoms with Gasteiger partial charge in [0.15, 0.2) is 0 Å². The van der Waals surface area contributed by atoms with Crippen LogP contribution in [0.2, 0.25) is 5.02 Å². The lowest BCUT2D eigenvalue weighted by molar-refractivity contribution is -0.166. The van der Waals surface area contributed by atoms with E-state index in [0.717, 1.165) is 66.4 Å². The molecule has 0 aliphatic heterocycles. The number of para-hydroxylation sites is 1. The number of nitrogens with one attached hydrogen (secondary N) is 1. The zero-order chi connectivity index (χ0) is 27.7. The van der Waals surface area contributed by atoms with Crippen molar-refractivity contribution in [1.82, 2.24) is 9.88 Å². The molecule has 1 saturated carbocycles. The maximum atomic E-state index is 14.1. The number of carbonyl (C=O) groups is 2. The van der Waals surface area contributed by atoms with Gasteiger partial charge in [-0.1, -0.05) is 67.3 Å². The lowest BCUT2D eigenvalue weighted by atomic mass is 9.82. The molecule has 5 rings (SSSR count). The van der Waals surface area contributed by atoms with Crippen LogP contribution in [0.25, 0.3) is 22.2 Å². The number of aromatic nitrogens is 1. The van der Waals surface area contributed by atoms with Crippen LogP contribution in [0.3, 0.4) is 0 Å². The molecule has 2 aliphatic rings. The molecule has 0 saturated heterocycles. The molecule has 204 valence electrons. The number of rotatable bonds is 6. The Bertz CT molecular complexity index is 1450. The molecule has 3 aromatic rings. The molecule has 39 heavy (non-hydrogen) atoms. The number of carbonyl (C=O) groups excluding carboxylic acids is 1. The summed E-state index contributed by atoms with van der Waals surface area (Å²) in [6, 6.07) is 16.1. The van der Waals surface area contributed by atoms with Gasteiger partial charge in [0.2, 0.25) is 5.91 Å². The predicted octanol–water partition coefficient (Wildman–Crippen LogP) is 7.68.